The molecule has 2 aromatic rings. The van der Waals surface area contributed by atoms with Crippen molar-refractivity contribution in [3.63, 3.8) is 0 Å². The van der Waals surface area contributed by atoms with E-state index in [-0.39, 0.29) is 11.9 Å². The standard InChI is InChI=1S/C12H14N2O2S/c1-3-8(12(15)16-2)11-13-7-9(14-11)10-5-4-6-17-10/h4-8H,3H2,1-2H3,(H,13,14). The van der Waals surface area contributed by atoms with Crippen molar-refractivity contribution in [2.45, 2.75) is 19.3 Å². The summed E-state index contributed by atoms with van der Waals surface area (Å²) in [5.74, 6) is 0.107. The Kier molecular flexibility index (Phi) is 3.58. The second kappa shape index (κ2) is 5.14. The van der Waals surface area contributed by atoms with E-state index in [0.717, 1.165) is 10.6 Å². The van der Waals surface area contributed by atoms with Gasteiger partial charge in [0.25, 0.3) is 0 Å². The maximum absolute atomic E-state index is 11.6. The quantitative estimate of drug-likeness (QED) is 0.849. The monoisotopic (exact) mass is 250 g/mol. The molecule has 4 nitrogen and oxygen atoms in total. The van der Waals surface area contributed by atoms with Gasteiger partial charge in [-0.15, -0.1) is 11.3 Å². The molecule has 90 valence electrons. The fraction of sp³-hybridized carbons (Fsp3) is 0.333. The first-order valence-electron chi connectivity index (χ1n) is 5.42. The number of thiophene rings is 1. The summed E-state index contributed by atoms with van der Waals surface area (Å²) in [5.41, 5.74) is 0.942. The van der Waals surface area contributed by atoms with Crippen LogP contribution in [0.4, 0.5) is 0 Å². The third kappa shape index (κ3) is 2.39. The molecule has 5 heteroatoms. The van der Waals surface area contributed by atoms with Crippen molar-refractivity contribution in [1.29, 1.82) is 0 Å². The van der Waals surface area contributed by atoms with Crippen LogP contribution < -0.4 is 0 Å². The van der Waals surface area contributed by atoms with Gasteiger partial charge in [-0.25, -0.2) is 4.98 Å². The molecule has 0 aliphatic heterocycles. The number of ether oxygens (including phenoxy) is 1. The van der Waals surface area contributed by atoms with E-state index >= 15 is 0 Å². The van der Waals surface area contributed by atoms with Crippen LogP contribution in [0.1, 0.15) is 25.1 Å². The fourth-order valence-electron chi connectivity index (χ4n) is 1.68. The van der Waals surface area contributed by atoms with E-state index in [1.165, 1.54) is 7.11 Å². The Bertz CT molecular complexity index is 490. The van der Waals surface area contributed by atoms with E-state index in [4.69, 9.17) is 4.74 Å². The Labute approximate surface area is 104 Å². The number of hydrogen-bond donors (Lipinski definition) is 1. The largest absolute Gasteiger partial charge is 0.468 e. The molecule has 1 N–H and O–H groups in total. The first-order valence-corrected chi connectivity index (χ1v) is 6.30. The van der Waals surface area contributed by atoms with Gasteiger partial charge in [0.05, 0.1) is 23.9 Å². The second-order valence-corrected chi connectivity index (χ2v) is 4.59. The lowest BCUT2D eigenvalue weighted by atomic mass is 10.1. The predicted molar refractivity (Wildman–Crippen MR) is 66.9 cm³/mol. The molecule has 17 heavy (non-hydrogen) atoms. The molecule has 0 spiro atoms. The van der Waals surface area contributed by atoms with Crippen LogP contribution in [0.25, 0.3) is 10.6 Å². The topological polar surface area (TPSA) is 55.0 Å². The Balaban J connectivity index is 2.25. The molecule has 0 bridgehead atoms. The van der Waals surface area contributed by atoms with E-state index < -0.39 is 0 Å². The number of imidazole rings is 1. The van der Waals surface area contributed by atoms with Crippen molar-refractivity contribution in [2.24, 2.45) is 0 Å². The summed E-state index contributed by atoms with van der Waals surface area (Å²) in [6.45, 7) is 1.94. The summed E-state index contributed by atoms with van der Waals surface area (Å²) >= 11 is 1.64. The van der Waals surface area contributed by atoms with Crippen LogP contribution in [0.3, 0.4) is 0 Å². The highest BCUT2D eigenvalue weighted by Gasteiger charge is 2.22. The number of hydrogen-bond acceptors (Lipinski definition) is 4. The van der Waals surface area contributed by atoms with E-state index in [9.17, 15) is 4.79 Å². The third-order valence-electron chi connectivity index (χ3n) is 2.61. The molecule has 1 unspecified atom stereocenters. The predicted octanol–water partition coefficient (Wildman–Crippen LogP) is 2.80. The Morgan fingerprint density at radius 2 is 2.47 bits per heavy atom. The Morgan fingerprint density at radius 3 is 3.06 bits per heavy atom. The molecule has 0 aromatic carbocycles. The lowest BCUT2D eigenvalue weighted by Crippen LogP contribution is -2.14. The molecule has 0 saturated heterocycles. The van der Waals surface area contributed by atoms with Crippen molar-refractivity contribution < 1.29 is 9.53 Å². The fourth-order valence-corrected chi connectivity index (χ4v) is 2.38. The van der Waals surface area contributed by atoms with Gasteiger partial charge in [0.1, 0.15) is 11.7 Å². The summed E-state index contributed by atoms with van der Waals surface area (Å²) in [4.78, 5) is 20.1. The van der Waals surface area contributed by atoms with Crippen LogP contribution in [0.2, 0.25) is 0 Å². The number of aromatic nitrogens is 2. The normalized spacial score (nSPS) is 12.4. The SMILES string of the molecule is CCC(C(=O)OC)c1ncc(-c2cccs2)[nH]1. The zero-order chi connectivity index (χ0) is 12.3. The maximum atomic E-state index is 11.6. The van der Waals surface area contributed by atoms with Crippen molar-refractivity contribution >= 4 is 17.3 Å². The first-order chi connectivity index (χ1) is 8.26. The molecular formula is C12H14N2O2S. The Hall–Kier alpha value is -1.62. The van der Waals surface area contributed by atoms with Gasteiger partial charge in [0.15, 0.2) is 0 Å². The molecule has 0 aliphatic rings. The second-order valence-electron chi connectivity index (χ2n) is 3.64. The van der Waals surface area contributed by atoms with Crippen LogP contribution in [0, 0.1) is 0 Å². The number of nitrogens with one attached hydrogen (secondary N) is 1. The third-order valence-corrected chi connectivity index (χ3v) is 3.51. The smallest absolute Gasteiger partial charge is 0.316 e. The summed E-state index contributed by atoms with van der Waals surface area (Å²) in [7, 11) is 1.40. The molecule has 0 saturated carbocycles. The molecule has 0 amide bonds. The van der Waals surface area contributed by atoms with Crippen molar-refractivity contribution in [2.75, 3.05) is 7.11 Å². The lowest BCUT2D eigenvalue weighted by molar-refractivity contribution is -0.142. The van der Waals surface area contributed by atoms with Crippen molar-refractivity contribution in [1.82, 2.24) is 9.97 Å². The number of H-pyrrole nitrogens is 1. The number of esters is 1. The molecule has 0 fully saturated rings. The zero-order valence-corrected chi connectivity index (χ0v) is 10.6. The van der Waals surface area contributed by atoms with Gasteiger partial charge in [-0.1, -0.05) is 13.0 Å². The van der Waals surface area contributed by atoms with E-state index in [0.29, 0.717) is 12.2 Å². The van der Waals surface area contributed by atoms with E-state index in [2.05, 4.69) is 9.97 Å². The summed E-state index contributed by atoms with van der Waals surface area (Å²) in [5, 5.41) is 2.01. The average Bonchev–Trinajstić information content (AvgIpc) is 2.99. The zero-order valence-electron chi connectivity index (χ0n) is 9.77. The highest BCUT2D eigenvalue weighted by atomic mass is 32.1. The number of aromatic amines is 1. The van der Waals surface area contributed by atoms with Crippen molar-refractivity contribution in [3.05, 3.63) is 29.5 Å². The van der Waals surface area contributed by atoms with Crippen molar-refractivity contribution in [3.8, 4) is 10.6 Å². The van der Waals surface area contributed by atoms with Gasteiger partial charge in [-0.2, -0.15) is 0 Å². The molecule has 2 rings (SSSR count). The lowest BCUT2D eigenvalue weighted by Gasteiger charge is -2.08. The van der Waals surface area contributed by atoms with Crippen LogP contribution in [-0.4, -0.2) is 23.0 Å². The number of methoxy groups -OCH3 is 1. The minimum absolute atomic E-state index is 0.250. The first kappa shape index (κ1) is 11.9. The van der Waals surface area contributed by atoms with Gasteiger partial charge in [0, 0.05) is 0 Å². The van der Waals surface area contributed by atoms with E-state index in [1.54, 1.807) is 17.5 Å². The Morgan fingerprint density at radius 1 is 1.65 bits per heavy atom. The van der Waals surface area contributed by atoms with Gasteiger partial charge in [0.2, 0.25) is 0 Å². The molecule has 0 aliphatic carbocycles. The van der Waals surface area contributed by atoms with Gasteiger partial charge < -0.3 is 9.72 Å². The number of rotatable bonds is 4. The highest BCUT2D eigenvalue weighted by molar-refractivity contribution is 7.13. The van der Waals surface area contributed by atoms with E-state index in [1.807, 2.05) is 24.4 Å². The minimum Gasteiger partial charge on any atom is -0.468 e. The molecule has 2 aromatic heterocycles. The van der Waals surface area contributed by atoms with Gasteiger partial charge in [-0.05, 0) is 17.9 Å². The molecule has 2 heterocycles. The highest BCUT2D eigenvalue weighted by Crippen LogP contribution is 2.25. The average molecular weight is 250 g/mol. The number of carbonyl (C=O) groups is 1. The van der Waals surface area contributed by atoms with Crippen LogP contribution in [0.15, 0.2) is 23.7 Å². The van der Waals surface area contributed by atoms with Gasteiger partial charge in [-0.3, -0.25) is 4.79 Å². The van der Waals surface area contributed by atoms with Crippen LogP contribution in [0.5, 0.6) is 0 Å². The summed E-state index contributed by atoms with van der Waals surface area (Å²) < 4.78 is 4.76. The maximum Gasteiger partial charge on any atom is 0.316 e. The van der Waals surface area contributed by atoms with Crippen LogP contribution in [-0.2, 0) is 9.53 Å². The minimum atomic E-state index is -0.311. The number of carbonyl (C=O) groups excluding carboxylic acids is 1. The molecule has 0 radical (unpaired) electrons. The molecular weight excluding hydrogens is 236 g/mol. The number of nitrogens with zero attached hydrogens (tertiary/aromatic N) is 1. The summed E-state index contributed by atoms with van der Waals surface area (Å²) in [6, 6.07) is 4.00. The summed E-state index contributed by atoms with van der Waals surface area (Å²) in [6.07, 6.45) is 2.43. The molecule has 1 atom stereocenters. The van der Waals surface area contributed by atoms with Crippen LogP contribution >= 0.6 is 11.3 Å². The van der Waals surface area contributed by atoms with Gasteiger partial charge >= 0.3 is 5.97 Å².